The lowest BCUT2D eigenvalue weighted by Crippen LogP contribution is -2.20. The van der Waals surface area contributed by atoms with E-state index in [-0.39, 0.29) is 11.9 Å². The number of rotatable bonds is 0. The van der Waals surface area contributed by atoms with Crippen LogP contribution in [0, 0.1) is 5.82 Å². The first-order valence-corrected chi connectivity index (χ1v) is 10.1. The Morgan fingerprint density at radius 2 is 1.77 bits per heavy atom. The number of hydrogen-bond acceptors (Lipinski definition) is 2. The van der Waals surface area contributed by atoms with Crippen molar-refractivity contribution in [3.63, 3.8) is 0 Å². The number of aryl methyl sites for hydroxylation is 1. The smallest absolute Gasteiger partial charge is 0.259 e. The van der Waals surface area contributed by atoms with Gasteiger partial charge in [0.2, 0.25) is 0 Å². The van der Waals surface area contributed by atoms with Crippen LogP contribution in [0.25, 0.3) is 43.6 Å². The molecule has 3 aromatic carbocycles. The van der Waals surface area contributed by atoms with Gasteiger partial charge in [-0.2, -0.15) is 0 Å². The van der Waals surface area contributed by atoms with Gasteiger partial charge in [0.1, 0.15) is 5.82 Å². The van der Waals surface area contributed by atoms with Gasteiger partial charge in [0.25, 0.3) is 11.8 Å². The maximum atomic E-state index is 14.6. The number of halogens is 1. The second-order valence-corrected chi connectivity index (χ2v) is 8.40. The first-order valence-electron chi connectivity index (χ1n) is 10.1. The number of carbonyl (C=O) groups excluding carboxylic acids is 2. The van der Waals surface area contributed by atoms with Crippen LogP contribution in [0.3, 0.4) is 0 Å². The highest BCUT2D eigenvalue weighted by Crippen LogP contribution is 2.47. The number of H-pyrrole nitrogens is 1. The molecule has 5 aromatic rings. The number of nitrogens with one attached hydrogen (secondary N) is 2. The number of carbonyl (C=O) groups is 2. The van der Waals surface area contributed by atoms with Crippen molar-refractivity contribution < 1.29 is 14.0 Å². The third-order valence-corrected chi connectivity index (χ3v) is 6.79. The number of benzene rings is 3. The predicted octanol–water partition coefficient (Wildman–Crippen LogP) is 4.96. The second kappa shape index (κ2) is 5.08. The minimum absolute atomic E-state index is 0.191. The Labute approximate surface area is 169 Å². The Kier molecular flexibility index (Phi) is 2.74. The lowest BCUT2D eigenvalue weighted by molar-refractivity contribution is 0.0880. The van der Waals surface area contributed by atoms with Gasteiger partial charge in [-0.05, 0) is 43.5 Å². The molecule has 7 rings (SSSR count). The van der Waals surface area contributed by atoms with Crippen molar-refractivity contribution in [2.45, 2.75) is 25.8 Å². The molecular formula is C24H16FN3O2. The van der Waals surface area contributed by atoms with Crippen LogP contribution in [-0.4, -0.2) is 21.4 Å². The number of nitrogens with zero attached hydrogens (tertiary/aromatic N) is 1. The highest BCUT2D eigenvalue weighted by Gasteiger charge is 2.37. The number of fused-ring (bicyclic) bond motifs is 10. The van der Waals surface area contributed by atoms with E-state index in [1.165, 1.54) is 6.07 Å². The number of aromatic nitrogens is 2. The van der Waals surface area contributed by atoms with E-state index in [0.717, 1.165) is 51.2 Å². The predicted molar refractivity (Wildman–Crippen MR) is 114 cm³/mol. The molecule has 0 spiro atoms. The molecule has 1 unspecified atom stereocenters. The molecule has 1 atom stereocenters. The number of para-hydroxylation sites is 1. The van der Waals surface area contributed by atoms with Crippen molar-refractivity contribution in [1.82, 2.24) is 14.9 Å². The molecule has 0 aliphatic carbocycles. The van der Waals surface area contributed by atoms with E-state index in [0.29, 0.717) is 21.9 Å². The SMILES string of the molecule is CC1CCc2cc(F)cc3c4c5c(c6c7ccccc7[nH]c6c4n1c23)C(=O)NC5=O. The van der Waals surface area contributed by atoms with Crippen LogP contribution in [0.2, 0.25) is 0 Å². The number of imide groups is 1. The standard InChI is InChI=1S/C24H16FN3O2/c1-10-6-7-11-8-12(25)9-14-17-19-18(23(29)27-24(19)30)16-13-4-2-3-5-15(13)26-20(16)22(17)28(10)21(11)14/h2-5,8-10,26H,6-7H2,1H3,(H,27,29,30). The highest BCUT2D eigenvalue weighted by atomic mass is 19.1. The Bertz CT molecular complexity index is 1640. The zero-order valence-corrected chi connectivity index (χ0v) is 16.1. The van der Waals surface area contributed by atoms with E-state index in [4.69, 9.17) is 0 Å². The van der Waals surface area contributed by atoms with Gasteiger partial charge in [0, 0.05) is 33.1 Å². The van der Waals surface area contributed by atoms with E-state index < -0.39 is 11.8 Å². The summed E-state index contributed by atoms with van der Waals surface area (Å²) in [6.07, 6.45) is 1.67. The number of hydrogen-bond donors (Lipinski definition) is 2. The second-order valence-electron chi connectivity index (χ2n) is 8.40. The van der Waals surface area contributed by atoms with Gasteiger partial charge in [-0.15, -0.1) is 0 Å². The van der Waals surface area contributed by atoms with Crippen LogP contribution in [0.4, 0.5) is 4.39 Å². The van der Waals surface area contributed by atoms with Crippen LogP contribution in [0.1, 0.15) is 45.7 Å². The summed E-state index contributed by atoms with van der Waals surface area (Å²) in [5.41, 5.74) is 5.26. The first-order chi connectivity index (χ1) is 14.5. The van der Waals surface area contributed by atoms with Crippen molar-refractivity contribution in [2.75, 3.05) is 0 Å². The Balaban J connectivity index is 1.90. The summed E-state index contributed by atoms with van der Waals surface area (Å²) in [7, 11) is 0. The number of aromatic amines is 1. The maximum Gasteiger partial charge on any atom is 0.259 e. The average Bonchev–Trinajstić information content (AvgIpc) is 3.35. The van der Waals surface area contributed by atoms with Gasteiger partial charge in [-0.3, -0.25) is 14.9 Å². The van der Waals surface area contributed by atoms with Crippen LogP contribution in [0.15, 0.2) is 36.4 Å². The molecule has 5 nitrogen and oxygen atoms in total. The molecule has 0 radical (unpaired) electrons. The molecule has 2 N–H and O–H groups in total. The molecule has 6 heteroatoms. The summed E-state index contributed by atoms with van der Waals surface area (Å²) in [6, 6.07) is 11.1. The van der Waals surface area contributed by atoms with Crippen molar-refractivity contribution in [3.05, 3.63) is 58.9 Å². The fourth-order valence-electron chi connectivity index (χ4n) is 5.63. The molecule has 2 amide bonds. The minimum Gasteiger partial charge on any atom is -0.353 e. The van der Waals surface area contributed by atoms with Gasteiger partial charge in [-0.1, -0.05) is 18.2 Å². The van der Waals surface area contributed by atoms with Crippen LogP contribution in [0.5, 0.6) is 0 Å². The zero-order chi connectivity index (χ0) is 20.3. The van der Waals surface area contributed by atoms with E-state index in [9.17, 15) is 14.0 Å². The number of amides is 2. The molecule has 0 fully saturated rings. The summed E-state index contributed by atoms with van der Waals surface area (Å²) in [6.45, 7) is 2.15. The lowest BCUT2D eigenvalue weighted by Gasteiger charge is -2.23. The third-order valence-electron chi connectivity index (χ3n) is 6.79. The first kappa shape index (κ1) is 16.2. The fraction of sp³-hybridized carbons (Fsp3) is 0.167. The van der Waals surface area contributed by atoms with E-state index in [1.807, 2.05) is 24.3 Å². The molecule has 0 saturated carbocycles. The van der Waals surface area contributed by atoms with Crippen molar-refractivity contribution in [1.29, 1.82) is 0 Å². The van der Waals surface area contributed by atoms with E-state index >= 15 is 0 Å². The van der Waals surface area contributed by atoms with E-state index in [2.05, 4.69) is 21.8 Å². The monoisotopic (exact) mass is 397 g/mol. The Hall–Kier alpha value is -3.67. The third kappa shape index (κ3) is 1.70. The molecule has 2 aliphatic rings. The van der Waals surface area contributed by atoms with E-state index in [1.54, 1.807) is 6.07 Å². The maximum absolute atomic E-state index is 14.6. The Morgan fingerprint density at radius 1 is 1.00 bits per heavy atom. The summed E-state index contributed by atoms with van der Waals surface area (Å²) >= 11 is 0. The lowest BCUT2D eigenvalue weighted by atomic mass is 9.96. The molecule has 2 aromatic heterocycles. The van der Waals surface area contributed by atoms with Crippen molar-refractivity contribution in [2.24, 2.45) is 0 Å². The summed E-state index contributed by atoms with van der Waals surface area (Å²) in [5.74, 6) is -1.13. The normalized spacial score (nSPS) is 18.1. The average molecular weight is 397 g/mol. The molecule has 146 valence electrons. The van der Waals surface area contributed by atoms with Crippen LogP contribution < -0.4 is 5.32 Å². The summed E-state index contributed by atoms with van der Waals surface area (Å²) in [5, 5.41) is 5.51. The quantitative estimate of drug-likeness (QED) is 0.363. The highest BCUT2D eigenvalue weighted by molar-refractivity contribution is 6.39. The molecule has 0 bridgehead atoms. The van der Waals surface area contributed by atoms with Crippen molar-refractivity contribution >= 4 is 55.4 Å². The Morgan fingerprint density at radius 3 is 2.60 bits per heavy atom. The largest absolute Gasteiger partial charge is 0.353 e. The zero-order valence-electron chi connectivity index (χ0n) is 16.1. The van der Waals surface area contributed by atoms with Gasteiger partial charge in [0.15, 0.2) is 0 Å². The fourth-order valence-corrected chi connectivity index (χ4v) is 5.63. The molecule has 2 aliphatic heterocycles. The van der Waals surface area contributed by atoms with Crippen LogP contribution in [-0.2, 0) is 6.42 Å². The molecule has 30 heavy (non-hydrogen) atoms. The summed E-state index contributed by atoms with van der Waals surface area (Å²) < 4.78 is 16.8. The minimum atomic E-state index is -0.413. The van der Waals surface area contributed by atoms with Gasteiger partial charge >= 0.3 is 0 Å². The van der Waals surface area contributed by atoms with Gasteiger partial charge < -0.3 is 9.55 Å². The molecule has 0 saturated heterocycles. The van der Waals surface area contributed by atoms with Crippen molar-refractivity contribution in [3.8, 4) is 0 Å². The molecule has 4 heterocycles. The van der Waals surface area contributed by atoms with Gasteiger partial charge in [0.05, 0.1) is 27.7 Å². The van der Waals surface area contributed by atoms with Gasteiger partial charge in [-0.25, -0.2) is 4.39 Å². The summed E-state index contributed by atoms with van der Waals surface area (Å²) in [4.78, 5) is 29.3. The molecular weight excluding hydrogens is 381 g/mol. The topological polar surface area (TPSA) is 66.9 Å². The van der Waals surface area contributed by atoms with Crippen LogP contribution >= 0.6 is 0 Å².